The first-order valence-corrected chi connectivity index (χ1v) is 4.96. The summed E-state index contributed by atoms with van der Waals surface area (Å²) in [4.78, 5) is 11.5. The fraction of sp³-hybridized carbons (Fsp3) is 0.750. The van der Waals surface area contributed by atoms with Crippen LogP contribution in [0.5, 0.6) is 0 Å². The Balaban J connectivity index is 2.33. The van der Waals surface area contributed by atoms with E-state index in [1.54, 1.807) is 0 Å². The zero-order valence-electron chi connectivity index (χ0n) is 7.51. The molecule has 0 saturated heterocycles. The van der Waals surface area contributed by atoms with E-state index in [1.165, 1.54) is 6.42 Å². The van der Waals surface area contributed by atoms with E-state index in [2.05, 4.69) is 10.7 Å². The molecular formula is C8H15N3OS. The van der Waals surface area contributed by atoms with Crippen LogP contribution in [0.2, 0.25) is 0 Å². The largest absolute Gasteiger partial charge is 0.302 e. The van der Waals surface area contributed by atoms with E-state index in [-0.39, 0.29) is 16.9 Å². The third-order valence-corrected chi connectivity index (χ3v) is 2.56. The van der Waals surface area contributed by atoms with Crippen molar-refractivity contribution < 1.29 is 4.79 Å². The van der Waals surface area contributed by atoms with Crippen LogP contribution >= 0.6 is 12.2 Å². The van der Waals surface area contributed by atoms with Gasteiger partial charge in [0.25, 0.3) is 0 Å². The van der Waals surface area contributed by atoms with Gasteiger partial charge in [-0.05, 0) is 25.1 Å². The van der Waals surface area contributed by atoms with Gasteiger partial charge in [0.05, 0.1) is 0 Å². The van der Waals surface area contributed by atoms with Crippen molar-refractivity contribution in [3.8, 4) is 0 Å². The predicted molar refractivity (Wildman–Crippen MR) is 54.6 cm³/mol. The highest BCUT2D eigenvalue weighted by molar-refractivity contribution is 7.80. The number of rotatable bonds is 1. The molecule has 1 saturated carbocycles. The molecule has 1 rings (SSSR count). The number of hydrogen-bond donors (Lipinski definition) is 3. The van der Waals surface area contributed by atoms with Crippen LogP contribution in [0.4, 0.5) is 0 Å². The molecular weight excluding hydrogens is 186 g/mol. The van der Waals surface area contributed by atoms with Gasteiger partial charge in [-0.15, -0.1) is 0 Å². The van der Waals surface area contributed by atoms with E-state index in [0.717, 1.165) is 25.7 Å². The molecule has 13 heavy (non-hydrogen) atoms. The summed E-state index contributed by atoms with van der Waals surface area (Å²) in [6.07, 6.45) is 5.46. The fourth-order valence-corrected chi connectivity index (χ4v) is 1.72. The maximum atomic E-state index is 11.5. The quantitative estimate of drug-likeness (QED) is 0.327. The lowest BCUT2D eigenvalue weighted by atomic mass is 9.89. The summed E-state index contributed by atoms with van der Waals surface area (Å²) >= 11 is 4.73. The topological polar surface area (TPSA) is 67.2 Å². The SMILES string of the molecule is NNC(=S)NC(=O)C1CCCCC1. The lowest BCUT2D eigenvalue weighted by Gasteiger charge is -2.20. The van der Waals surface area contributed by atoms with Crippen molar-refractivity contribution in [2.45, 2.75) is 32.1 Å². The summed E-state index contributed by atoms with van der Waals surface area (Å²) in [7, 11) is 0. The van der Waals surface area contributed by atoms with Gasteiger partial charge in [-0.2, -0.15) is 0 Å². The molecule has 0 aliphatic heterocycles. The van der Waals surface area contributed by atoms with Crippen LogP contribution in [-0.2, 0) is 4.79 Å². The van der Waals surface area contributed by atoms with Gasteiger partial charge in [0.15, 0.2) is 5.11 Å². The van der Waals surface area contributed by atoms with Crippen molar-refractivity contribution in [1.29, 1.82) is 0 Å². The second-order valence-electron chi connectivity index (χ2n) is 3.30. The molecule has 0 bridgehead atoms. The predicted octanol–water partition coefficient (Wildman–Crippen LogP) is 0.431. The van der Waals surface area contributed by atoms with Gasteiger partial charge in [-0.1, -0.05) is 19.3 Å². The van der Waals surface area contributed by atoms with Crippen LogP contribution in [0.25, 0.3) is 0 Å². The van der Waals surface area contributed by atoms with Crippen LogP contribution in [-0.4, -0.2) is 11.0 Å². The molecule has 0 radical (unpaired) electrons. The molecule has 1 aliphatic carbocycles. The van der Waals surface area contributed by atoms with Crippen molar-refractivity contribution in [1.82, 2.24) is 10.7 Å². The first-order valence-electron chi connectivity index (χ1n) is 4.55. The summed E-state index contributed by atoms with van der Waals surface area (Å²) in [5.41, 5.74) is 2.23. The average molecular weight is 201 g/mol. The maximum absolute atomic E-state index is 11.5. The second kappa shape index (κ2) is 5.14. The third kappa shape index (κ3) is 3.28. The Morgan fingerprint density at radius 1 is 1.31 bits per heavy atom. The highest BCUT2D eigenvalue weighted by Crippen LogP contribution is 2.23. The molecule has 0 unspecified atom stereocenters. The first-order chi connectivity index (χ1) is 6.24. The van der Waals surface area contributed by atoms with Crippen LogP contribution in [0.1, 0.15) is 32.1 Å². The van der Waals surface area contributed by atoms with Gasteiger partial charge in [-0.3, -0.25) is 4.79 Å². The summed E-state index contributed by atoms with van der Waals surface area (Å²) in [5, 5.41) is 2.76. The van der Waals surface area contributed by atoms with Gasteiger partial charge < -0.3 is 10.7 Å². The van der Waals surface area contributed by atoms with E-state index in [0.29, 0.717) is 0 Å². The molecule has 4 nitrogen and oxygen atoms in total. The number of carbonyl (C=O) groups excluding carboxylic acids is 1. The first kappa shape index (κ1) is 10.4. The van der Waals surface area contributed by atoms with Gasteiger partial charge in [0, 0.05) is 5.92 Å². The highest BCUT2D eigenvalue weighted by atomic mass is 32.1. The summed E-state index contributed by atoms with van der Waals surface area (Å²) in [5.74, 6) is 5.17. The number of nitrogens with one attached hydrogen (secondary N) is 2. The zero-order valence-corrected chi connectivity index (χ0v) is 8.32. The minimum absolute atomic E-state index is 0.00245. The molecule has 0 aromatic carbocycles. The average Bonchev–Trinajstić information content (AvgIpc) is 2.19. The molecule has 5 heteroatoms. The number of hydrogen-bond acceptors (Lipinski definition) is 3. The van der Waals surface area contributed by atoms with Crippen LogP contribution in [0.3, 0.4) is 0 Å². The molecule has 0 spiro atoms. The van der Waals surface area contributed by atoms with E-state index >= 15 is 0 Å². The fourth-order valence-electron chi connectivity index (χ4n) is 1.61. The minimum atomic E-state index is 0.00245. The number of hydrazine groups is 1. The second-order valence-corrected chi connectivity index (χ2v) is 3.71. The number of carbonyl (C=O) groups is 1. The molecule has 74 valence electrons. The Bertz CT molecular complexity index is 202. The highest BCUT2D eigenvalue weighted by Gasteiger charge is 2.21. The molecule has 0 heterocycles. The monoisotopic (exact) mass is 201 g/mol. The molecule has 0 aromatic heterocycles. The van der Waals surface area contributed by atoms with Gasteiger partial charge in [0.1, 0.15) is 0 Å². The van der Waals surface area contributed by atoms with Gasteiger partial charge >= 0.3 is 0 Å². The van der Waals surface area contributed by atoms with Crippen molar-refractivity contribution >= 4 is 23.2 Å². The van der Waals surface area contributed by atoms with Crippen molar-refractivity contribution in [2.24, 2.45) is 11.8 Å². The minimum Gasteiger partial charge on any atom is -0.302 e. The zero-order chi connectivity index (χ0) is 9.68. The van der Waals surface area contributed by atoms with Crippen LogP contribution in [0, 0.1) is 5.92 Å². The Morgan fingerprint density at radius 3 is 2.46 bits per heavy atom. The van der Waals surface area contributed by atoms with E-state index in [1.807, 2.05) is 0 Å². The van der Waals surface area contributed by atoms with E-state index < -0.39 is 0 Å². The molecule has 4 N–H and O–H groups in total. The molecule has 1 amide bonds. The smallest absolute Gasteiger partial charge is 0.229 e. The Kier molecular flexibility index (Phi) is 4.11. The maximum Gasteiger partial charge on any atom is 0.229 e. The Labute approximate surface area is 83.2 Å². The van der Waals surface area contributed by atoms with Crippen molar-refractivity contribution in [3.63, 3.8) is 0 Å². The standard InChI is InChI=1S/C8H15N3OS/c9-11-8(13)10-7(12)6-4-2-1-3-5-6/h6H,1-5,9H2,(H2,10,11,12,13). The number of amides is 1. The summed E-state index contributed by atoms with van der Waals surface area (Å²) < 4.78 is 0. The number of thiocarbonyl (C=S) groups is 1. The normalized spacial score (nSPS) is 17.9. The third-order valence-electron chi connectivity index (χ3n) is 2.34. The molecule has 0 atom stereocenters. The lowest BCUT2D eigenvalue weighted by Crippen LogP contribution is -2.45. The lowest BCUT2D eigenvalue weighted by molar-refractivity contribution is -0.124. The van der Waals surface area contributed by atoms with E-state index in [9.17, 15) is 4.79 Å². The van der Waals surface area contributed by atoms with Crippen molar-refractivity contribution in [2.75, 3.05) is 0 Å². The van der Waals surface area contributed by atoms with Gasteiger partial charge in [0.2, 0.25) is 5.91 Å². The Hall–Kier alpha value is -0.680. The number of nitrogens with two attached hydrogens (primary N) is 1. The van der Waals surface area contributed by atoms with Crippen LogP contribution < -0.4 is 16.6 Å². The molecule has 1 fully saturated rings. The van der Waals surface area contributed by atoms with Gasteiger partial charge in [-0.25, -0.2) is 5.84 Å². The molecule has 0 aromatic rings. The molecule has 1 aliphatic rings. The van der Waals surface area contributed by atoms with Crippen LogP contribution in [0.15, 0.2) is 0 Å². The van der Waals surface area contributed by atoms with Crippen molar-refractivity contribution in [3.05, 3.63) is 0 Å². The Morgan fingerprint density at radius 2 is 1.92 bits per heavy atom. The van der Waals surface area contributed by atoms with E-state index in [4.69, 9.17) is 18.1 Å². The summed E-state index contributed by atoms with van der Waals surface area (Å²) in [6, 6.07) is 0. The summed E-state index contributed by atoms with van der Waals surface area (Å²) in [6.45, 7) is 0.